The summed E-state index contributed by atoms with van der Waals surface area (Å²) >= 11 is 0. The Labute approximate surface area is 126 Å². The second-order valence-electron chi connectivity index (χ2n) is 5.18. The summed E-state index contributed by atoms with van der Waals surface area (Å²) in [6, 6.07) is 9.00. The van der Waals surface area contributed by atoms with E-state index in [9.17, 15) is 8.42 Å². The Balaban J connectivity index is 2.38. The fourth-order valence-electron chi connectivity index (χ4n) is 2.69. The average Bonchev–Trinajstić information content (AvgIpc) is 2.47. The van der Waals surface area contributed by atoms with Crippen LogP contribution in [0.1, 0.15) is 20.8 Å². The highest BCUT2D eigenvalue weighted by Crippen LogP contribution is 2.22. The molecular formula is C16H22N2O2S. The number of pyridine rings is 1. The maximum absolute atomic E-state index is 12.7. The SMILES string of the molecule is CCN(CC)C(C)CS(=O)(=O)c1cccc2cccnc12. The quantitative estimate of drug-likeness (QED) is 0.823. The Hall–Kier alpha value is -1.46. The number of fused-ring (bicyclic) bond motifs is 1. The number of sulfone groups is 1. The van der Waals surface area contributed by atoms with Crippen LogP contribution >= 0.6 is 0 Å². The summed E-state index contributed by atoms with van der Waals surface area (Å²) in [6.45, 7) is 7.75. The molecular weight excluding hydrogens is 284 g/mol. The monoisotopic (exact) mass is 306 g/mol. The Morgan fingerprint density at radius 2 is 1.81 bits per heavy atom. The van der Waals surface area contributed by atoms with E-state index < -0.39 is 9.84 Å². The van der Waals surface area contributed by atoms with Gasteiger partial charge in [-0.15, -0.1) is 0 Å². The summed E-state index contributed by atoms with van der Waals surface area (Å²) in [4.78, 5) is 6.73. The first kappa shape index (κ1) is 15.9. The topological polar surface area (TPSA) is 50.3 Å². The van der Waals surface area contributed by atoms with Crippen molar-refractivity contribution < 1.29 is 8.42 Å². The molecule has 0 bridgehead atoms. The third-order valence-electron chi connectivity index (χ3n) is 3.83. The zero-order valence-corrected chi connectivity index (χ0v) is 13.6. The first-order valence-electron chi connectivity index (χ1n) is 7.30. The van der Waals surface area contributed by atoms with E-state index in [4.69, 9.17) is 0 Å². The second-order valence-corrected chi connectivity index (χ2v) is 7.19. The number of para-hydroxylation sites is 1. The van der Waals surface area contributed by atoms with Gasteiger partial charge in [-0.25, -0.2) is 8.42 Å². The molecule has 0 radical (unpaired) electrons. The predicted molar refractivity (Wildman–Crippen MR) is 86.2 cm³/mol. The summed E-state index contributed by atoms with van der Waals surface area (Å²) in [5, 5.41) is 0.856. The zero-order valence-electron chi connectivity index (χ0n) is 12.8. The molecule has 0 N–H and O–H groups in total. The first-order chi connectivity index (χ1) is 9.99. The van der Waals surface area contributed by atoms with Gasteiger partial charge in [-0.3, -0.25) is 4.98 Å². The lowest BCUT2D eigenvalue weighted by Crippen LogP contribution is -2.37. The van der Waals surface area contributed by atoms with Crippen molar-refractivity contribution in [2.75, 3.05) is 18.8 Å². The Morgan fingerprint density at radius 3 is 2.48 bits per heavy atom. The molecule has 1 aromatic heterocycles. The van der Waals surface area contributed by atoms with Crippen molar-refractivity contribution in [2.24, 2.45) is 0 Å². The number of rotatable bonds is 6. The van der Waals surface area contributed by atoms with Crippen LogP contribution in [0, 0.1) is 0 Å². The minimum Gasteiger partial charge on any atom is -0.300 e. The minimum atomic E-state index is -3.36. The van der Waals surface area contributed by atoms with Crippen molar-refractivity contribution >= 4 is 20.7 Å². The first-order valence-corrected chi connectivity index (χ1v) is 8.95. The molecule has 0 aliphatic carbocycles. The molecule has 5 heteroatoms. The van der Waals surface area contributed by atoms with E-state index in [2.05, 4.69) is 9.88 Å². The highest BCUT2D eigenvalue weighted by Gasteiger charge is 2.23. The molecule has 0 saturated carbocycles. The molecule has 4 nitrogen and oxygen atoms in total. The van der Waals surface area contributed by atoms with Crippen LogP contribution in [0.4, 0.5) is 0 Å². The number of nitrogens with zero attached hydrogens (tertiary/aromatic N) is 2. The lowest BCUT2D eigenvalue weighted by Gasteiger charge is -2.26. The van der Waals surface area contributed by atoms with Crippen LogP contribution in [-0.4, -0.2) is 43.2 Å². The third kappa shape index (κ3) is 3.41. The lowest BCUT2D eigenvalue weighted by molar-refractivity contribution is 0.248. The summed E-state index contributed by atoms with van der Waals surface area (Å²) in [6.07, 6.45) is 1.63. The van der Waals surface area contributed by atoms with E-state index >= 15 is 0 Å². The Kier molecular flexibility index (Phi) is 4.96. The molecule has 0 aliphatic heterocycles. The lowest BCUT2D eigenvalue weighted by atomic mass is 10.2. The predicted octanol–water partition coefficient (Wildman–Crippen LogP) is 2.74. The highest BCUT2D eigenvalue weighted by atomic mass is 32.2. The molecule has 1 aromatic carbocycles. The summed E-state index contributed by atoms with van der Waals surface area (Å²) in [7, 11) is -3.36. The fourth-order valence-corrected chi connectivity index (χ4v) is 4.46. The maximum Gasteiger partial charge on any atom is 0.182 e. The number of hydrogen-bond donors (Lipinski definition) is 0. The molecule has 0 amide bonds. The minimum absolute atomic E-state index is 0.0102. The molecule has 0 spiro atoms. The van der Waals surface area contributed by atoms with E-state index in [0.717, 1.165) is 18.5 Å². The number of aromatic nitrogens is 1. The maximum atomic E-state index is 12.7. The molecule has 0 aliphatic rings. The molecule has 2 aromatic rings. The van der Waals surface area contributed by atoms with E-state index in [1.807, 2.05) is 39.0 Å². The van der Waals surface area contributed by atoms with Gasteiger partial charge in [-0.05, 0) is 32.1 Å². The fraction of sp³-hybridized carbons (Fsp3) is 0.438. The van der Waals surface area contributed by atoms with Crippen LogP contribution in [-0.2, 0) is 9.84 Å². The van der Waals surface area contributed by atoms with E-state index in [0.29, 0.717) is 10.4 Å². The average molecular weight is 306 g/mol. The molecule has 1 atom stereocenters. The van der Waals surface area contributed by atoms with Crippen molar-refractivity contribution in [1.29, 1.82) is 0 Å². The number of hydrogen-bond acceptors (Lipinski definition) is 4. The number of benzene rings is 1. The zero-order chi connectivity index (χ0) is 15.5. The molecule has 0 fully saturated rings. The third-order valence-corrected chi connectivity index (χ3v) is 5.75. The van der Waals surface area contributed by atoms with Gasteiger partial charge >= 0.3 is 0 Å². The van der Waals surface area contributed by atoms with E-state index in [-0.39, 0.29) is 11.8 Å². The van der Waals surface area contributed by atoms with Crippen LogP contribution in [0.2, 0.25) is 0 Å². The standard InChI is InChI=1S/C16H22N2O2S/c1-4-18(5-2)13(3)12-21(19,20)15-10-6-8-14-9-7-11-17-16(14)15/h6-11,13H,4-5,12H2,1-3H3. The van der Waals surface area contributed by atoms with Crippen molar-refractivity contribution in [3.63, 3.8) is 0 Å². The summed E-state index contributed by atoms with van der Waals surface area (Å²) < 4.78 is 25.5. The van der Waals surface area contributed by atoms with Crippen molar-refractivity contribution in [3.05, 3.63) is 36.5 Å². The second kappa shape index (κ2) is 6.54. The van der Waals surface area contributed by atoms with Gasteiger partial charge in [0.1, 0.15) is 0 Å². The normalized spacial score (nSPS) is 13.7. The largest absolute Gasteiger partial charge is 0.300 e. The van der Waals surface area contributed by atoms with Crippen LogP contribution in [0.5, 0.6) is 0 Å². The van der Waals surface area contributed by atoms with Crippen molar-refractivity contribution in [3.8, 4) is 0 Å². The Bertz CT molecular complexity index is 704. The van der Waals surface area contributed by atoms with Crippen LogP contribution in [0.15, 0.2) is 41.4 Å². The van der Waals surface area contributed by atoms with Gasteiger partial charge in [0.15, 0.2) is 9.84 Å². The summed E-state index contributed by atoms with van der Waals surface area (Å²) in [5.41, 5.74) is 0.562. The van der Waals surface area contributed by atoms with Crippen LogP contribution in [0.3, 0.4) is 0 Å². The molecule has 21 heavy (non-hydrogen) atoms. The van der Waals surface area contributed by atoms with E-state index in [1.165, 1.54) is 0 Å². The Morgan fingerprint density at radius 1 is 1.14 bits per heavy atom. The molecule has 114 valence electrons. The van der Waals surface area contributed by atoms with Gasteiger partial charge in [-0.1, -0.05) is 32.0 Å². The molecule has 1 unspecified atom stereocenters. The van der Waals surface area contributed by atoms with Crippen molar-refractivity contribution in [1.82, 2.24) is 9.88 Å². The van der Waals surface area contributed by atoms with E-state index in [1.54, 1.807) is 18.3 Å². The van der Waals surface area contributed by atoms with Gasteiger partial charge in [-0.2, -0.15) is 0 Å². The van der Waals surface area contributed by atoms with Crippen LogP contribution < -0.4 is 0 Å². The van der Waals surface area contributed by atoms with Crippen LogP contribution in [0.25, 0.3) is 10.9 Å². The summed E-state index contributed by atoms with van der Waals surface area (Å²) in [5.74, 6) is 0.115. The smallest absolute Gasteiger partial charge is 0.182 e. The highest BCUT2D eigenvalue weighted by molar-refractivity contribution is 7.91. The van der Waals surface area contributed by atoms with Gasteiger partial charge in [0.25, 0.3) is 0 Å². The van der Waals surface area contributed by atoms with Crippen molar-refractivity contribution in [2.45, 2.75) is 31.7 Å². The van der Waals surface area contributed by atoms with Gasteiger partial charge in [0.2, 0.25) is 0 Å². The molecule has 2 rings (SSSR count). The van der Waals surface area contributed by atoms with Gasteiger partial charge in [0, 0.05) is 17.6 Å². The molecule has 1 heterocycles. The van der Waals surface area contributed by atoms with Gasteiger partial charge < -0.3 is 4.90 Å². The van der Waals surface area contributed by atoms with Gasteiger partial charge in [0.05, 0.1) is 16.2 Å². The molecule has 0 saturated heterocycles.